The van der Waals surface area contributed by atoms with Crippen molar-refractivity contribution in [2.75, 3.05) is 11.9 Å². The molecule has 3 aromatic rings. The van der Waals surface area contributed by atoms with Crippen molar-refractivity contribution < 1.29 is 4.42 Å². The largest absolute Gasteiger partial charge is 0.472 e. The molecule has 7 heteroatoms. The molecule has 3 rings (SSSR count). The molecule has 96 valence electrons. The highest BCUT2D eigenvalue weighted by molar-refractivity contribution is 5.54. The highest BCUT2D eigenvalue weighted by atomic mass is 16.3. The Balaban J connectivity index is 2.09. The van der Waals surface area contributed by atoms with Crippen molar-refractivity contribution >= 4 is 5.95 Å². The van der Waals surface area contributed by atoms with Gasteiger partial charge in [0.2, 0.25) is 5.95 Å². The van der Waals surface area contributed by atoms with Gasteiger partial charge in [-0.15, -0.1) is 0 Å². The van der Waals surface area contributed by atoms with Crippen LogP contribution < -0.4 is 5.32 Å². The van der Waals surface area contributed by atoms with Crippen molar-refractivity contribution in [2.45, 2.75) is 6.92 Å². The number of anilines is 1. The summed E-state index contributed by atoms with van der Waals surface area (Å²) in [5.41, 5.74) is 0.801. The molecule has 0 saturated carbocycles. The van der Waals surface area contributed by atoms with Gasteiger partial charge in [0.05, 0.1) is 11.8 Å². The zero-order valence-corrected chi connectivity index (χ0v) is 10.3. The molecule has 0 aliphatic carbocycles. The standard InChI is InChI=1S/C12H12N6O/c1-2-13-11-15-10(9-4-7-19-8-9)16-12(17-11)18-6-3-5-14-18/h3-8H,2H2,1H3,(H,13,15,16,17). The highest BCUT2D eigenvalue weighted by Gasteiger charge is 2.10. The molecule has 19 heavy (non-hydrogen) atoms. The Morgan fingerprint density at radius 3 is 2.95 bits per heavy atom. The summed E-state index contributed by atoms with van der Waals surface area (Å²) in [5, 5.41) is 7.20. The number of nitrogens with zero attached hydrogens (tertiary/aromatic N) is 5. The second-order valence-electron chi connectivity index (χ2n) is 3.78. The van der Waals surface area contributed by atoms with Crippen LogP contribution in [-0.4, -0.2) is 31.3 Å². The molecule has 3 heterocycles. The van der Waals surface area contributed by atoms with Gasteiger partial charge in [0.25, 0.3) is 5.95 Å². The van der Waals surface area contributed by atoms with Crippen LogP contribution in [0.4, 0.5) is 5.95 Å². The number of rotatable bonds is 4. The van der Waals surface area contributed by atoms with Gasteiger partial charge in [-0.3, -0.25) is 0 Å². The van der Waals surface area contributed by atoms with Gasteiger partial charge < -0.3 is 9.73 Å². The van der Waals surface area contributed by atoms with Crippen molar-refractivity contribution in [1.29, 1.82) is 0 Å². The van der Waals surface area contributed by atoms with Gasteiger partial charge in [-0.25, -0.2) is 4.68 Å². The molecule has 0 aliphatic heterocycles. The third-order valence-electron chi connectivity index (χ3n) is 2.45. The van der Waals surface area contributed by atoms with Crippen molar-refractivity contribution in [2.24, 2.45) is 0 Å². The first-order chi connectivity index (χ1) is 9.36. The summed E-state index contributed by atoms with van der Waals surface area (Å²) >= 11 is 0. The van der Waals surface area contributed by atoms with Gasteiger partial charge in [-0.2, -0.15) is 20.1 Å². The number of nitrogens with one attached hydrogen (secondary N) is 1. The second kappa shape index (κ2) is 4.89. The van der Waals surface area contributed by atoms with Crippen molar-refractivity contribution in [3.63, 3.8) is 0 Å². The first kappa shape index (κ1) is 11.4. The smallest absolute Gasteiger partial charge is 0.255 e. The van der Waals surface area contributed by atoms with Crippen LogP contribution in [-0.2, 0) is 0 Å². The van der Waals surface area contributed by atoms with Gasteiger partial charge in [0.15, 0.2) is 5.82 Å². The fraction of sp³-hybridized carbons (Fsp3) is 0.167. The molecule has 0 spiro atoms. The second-order valence-corrected chi connectivity index (χ2v) is 3.78. The number of hydrogen-bond donors (Lipinski definition) is 1. The van der Waals surface area contributed by atoms with Crippen LogP contribution in [0.1, 0.15) is 6.92 Å². The molecular formula is C12H12N6O. The van der Waals surface area contributed by atoms with E-state index in [2.05, 4.69) is 25.4 Å². The van der Waals surface area contributed by atoms with E-state index in [0.717, 1.165) is 12.1 Å². The highest BCUT2D eigenvalue weighted by Crippen LogP contribution is 2.17. The minimum Gasteiger partial charge on any atom is -0.472 e. The van der Waals surface area contributed by atoms with E-state index in [-0.39, 0.29) is 0 Å². The molecule has 1 N–H and O–H groups in total. The first-order valence-corrected chi connectivity index (χ1v) is 5.89. The van der Waals surface area contributed by atoms with Crippen LogP contribution in [0.5, 0.6) is 0 Å². The molecule has 0 unspecified atom stereocenters. The SMILES string of the molecule is CCNc1nc(-c2ccoc2)nc(-n2cccn2)n1. The lowest BCUT2D eigenvalue weighted by Gasteiger charge is -2.06. The fourth-order valence-electron chi connectivity index (χ4n) is 1.61. The van der Waals surface area contributed by atoms with Gasteiger partial charge >= 0.3 is 0 Å². The molecule has 0 radical (unpaired) electrons. The Morgan fingerprint density at radius 1 is 1.32 bits per heavy atom. The maximum Gasteiger partial charge on any atom is 0.255 e. The van der Waals surface area contributed by atoms with Crippen LogP contribution in [0.25, 0.3) is 17.3 Å². The van der Waals surface area contributed by atoms with Crippen LogP contribution in [0.2, 0.25) is 0 Å². The maximum atomic E-state index is 5.06. The quantitative estimate of drug-likeness (QED) is 0.765. The molecule has 0 amide bonds. The topological polar surface area (TPSA) is 81.7 Å². The normalized spacial score (nSPS) is 10.6. The average Bonchev–Trinajstić information content (AvgIpc) is 3.12. The molecule has 0 saturated heterocycles. The molecule has 3 aromatic heterocycles. The van der Waals surface area contributed by atoms with E-state index >= 15 is 0 Å². The minimum atomic E-state index is 0.465. The number of aromatic nitrogens is 5. The van der Waals surface area contributed by atoms with Crippen LogP contribution >= 0.6 is 0 Å². The molecule has 0 fully saturated rings. The molecule has 0 bridgehead atoms. The molecule has 0 aliphatic rings. The Hall–Kier alpha value is -2.70. The third-order valence-corrected chi connectivity index (χ3v) is 2.45. The van der Waals surface area contributed by atoms with Gasteiger partial charge in [-0.1, -0.05) is 0 Å². The molecule has 7 nitrogen and oxygen atoms in total. The molecular weight excluding hydrogens is 244 g/mol. The average molecular weight is 256 g/mol. The van der Waals surface area contributed by atoms with E-state index in [1.54, 1.807) is 35.7 Å². The summed E-state index contributed by atoms with van der Waals surface area (Å²) in [6.45, 7) is 2.71. The van der Waals surface area contributed by atoms with Gasteiger partial charge in [0, 0.05) is 18.9 Å². The first-order valence-electron chi connectivity index (χ1n) is 5.89. The Kier molecular flexibility index (Phi) is 2.93. The predicted molar refractivity (Wildman–Crippen MR) is 68.8 cm³/mol. The van der Waals surface area contributed by atoms with E-state index in [1.165, 1.54) is 0 Å². The minimum absolute atomic E-state index is 0.465. The van der Waals surface area contributed by atoms with E-state index < -0.39 is 0 Å². The lowest BCUT2D eigenvalue weighted by Crippen LogP contribution is -2.09. The van der Waals surface area contributed by atoms with Crippen molar-refractivity contribution in [3.8, 4) is 17.3 Å². The lowest BCUT2D eigenvalue weighted by atomic mass is 10.3. The summed E-state index contributed by atoms with van der Waals surface area (Å²) in [5.74, 6) is 1.52. The molecule has 0 atom stereocenters. The number of furan rings is 1. The van der Waals surface area contributed by atoms with Crippen molar-refractivity contribution in [3.05, 3.63) is 37.1 Å². The van der Waals surface area contributed by atoms with Crippen LogP contribution in [0, 0.1) is 0 Å². The summed E-state index contributed by atoms with van der Waals surface area (Å²) < 4.78 is 6.65. The maximum absolute atomic E-state index is 5.06. The van der Waals surface area contributed by atoms with E-state index in [9.17, 15) is 0 Å². The zero-order valence-electron chi connectivity index (χ0n) is 10.3. The van der Waals surface area contributed by atoms with Gasteiger partial charge in [-0.05, 0) is 19.1 Å². The Labute approximate surface area is 109 Å². The van der Waals surface area contributed by atoms with Gasteiger partial charge in [0.1, 0.15) is 6.26 Å². The summed E-state index contributed by atoms with van der Waals surface area (Å²) in [6.07, 6.45) is 6.63. The Bertz CT molecular complexity index is 594. The Morgan fingerprint density at radius 2 is 2.26 bits per heavy atom. The third kappa shape index (κ3) is 2.30. The number of hydrogen-bond acceptors (Lipinski definition) is 6. The fourth-order valence-corrected chi connectivity index (χ4v) is 1.61. The summed E-state index contributed by atoms with van der Waals surface area (Å²) in [7, 11) is 0. The monoisotopic (exact) mass is 256 g/mol. The van der Waals surface area contributed by atoms with Crippen LogP contribution in [0.3, 0.4) is 0 Å². The van der Waals surface area contributed by atoms with E-state index in [4.69, 9.17) is 4.42 Å². The summed E-state index contributed by atoms with van der Waals surface area (Å²) in [6, 6.07) is 3.62. The van der Waals surface area contributed by atoms with E-state index in [1.807, 2.05) is 13.0 Å². The van der Waals surface area contributed by atoms with Crippen LogP contribution in [0.15, 0.2) is 41.5 Å². The van der Waals surface area contributed by atoms with Crippen molar-refractivity contribution in [1.82, 2.24) is 24.7 Å². The van der Waals surface area contributed by atoms with E-state index in [0.29, 0.717) is 17.7 Å². The lowest BCUT2D eigenvalue weighted by molar-refractivity contribution is 0.568. The zero-order chi connectivity index (χ0) is 13.1. The predicted octanol–water partition coefficient (Wildman–Crippen LogP) is 1.75. The molecule has 0 aromatic carbocycles. The summed E-state index contributed by atoms with van der Waals surface area (Å²) in [4.78, 5) is 13.0.